The Morgan fingerprint density at radius 1 is 1.14 bits per heavy atom. The molecule has 0 bridgehead atoms. The Hall–Kier alpha value is -2.13. The van der Waals surface area contributed by atoms with Crippen molar-refractivity contribution in [3.05, 3.63) is 42.0 Å². The number of hydrogen-bond donors (Lipinski definition) is 1. The highest BCUT2D eigenvalue weighted by Gasteiger charge is 2.22. The van der Waals surface area contributed by atoms with Gasteiger partial charge in [0.25, 0.3) is 0 Å². The summed E-state index contributed by atoms with van der Waals surface area (Å²) in [5.41, 5.74) is 2.41. The molecule has 0 atom stereocenters. The highest BCUT2D eigenvalue weighted by Crippen LogP contribution is 2.46. The van der Waals surface area contributed by atoms with Crippen LogP contribution in [0.25, 0.3) is 21.5 Å². The van der Waals surface area contributed by atoms with Crippen LogP contribution in [0.5, 0.6) is 11.5 Å². The van der Waals surface area contributed by atoms with Crippen molar-refractivity contribution < 1.29 is 9.84 Å². The number of anilines is 1. The van der Waals surface area contributed by atoms with Gasteiger partial charge in [-0.3, -0.25) is 0 Å². The Labute approximate surface area is 135 Å². The molecule has 0 aliphatic carbocycles. The lowest BCUT2D eigenvalue weighted by Crippen LogP contribution is -2.24. The maximum absolute atomic E-state index is 10.3. The van der Waals surface area contributed by atoms with Crippen LogP contribution in [0.4, 0.5) is 5.69 Å². The summed E-state index contributed by atoms with van der Waals surface area (Å²) < 4.78 is 5.51. The summed E-state index contributed by atoms with van der Waals surface area (Å²) in [6.45, 7) is 0.964. The molecule has 1 aliphatic heterocycles. The Kier molecular flexibility index (Phi) is 3.53. The van der Waals surface area contributed by atoms with Gasteiger partial charge in [0, 0.05) is 30.1 Å². The molecule has 0 unspecified atom stereocenters. The fraction of sp³-hybridized carbons (Fsp3) is 0.222. The summed E-state index contributed by atoms with van der Waals surface area (Å²) in [7, 11) is 3.73. The van der Waals surface area contributed by atoms with Crippen LogP contribution in [0.15, 0.2) is 36.4 Å². The number of nitrogens with zero attached hydrogens (tertiary/aromatic N) is 1. The maximum atomic E-state index is 10.3. The Morgan fingerprint density at radius 3 is 2.68 bits per heavy atom. The van der Waals surface area contributed by atoms with Gasteiger partial charge in [-0.1, -0.05) is 24.3 Å². The average molecular weight is 316 g/mol. The summed E-state index contributed by atoms with van der Waals surface area (Å²) >= 11 is 0. The molecule has 0 fully saturated rings. The number of halogens is 1. The van der Waals surface area contributed by atoms with E-state index in [-0.39, 0.29) is 18.2 Å². The first-order valence-electron chi connectivity index (χ1n) is 7.16. The second-order valence-corrected chi connectivity index (χ2v) is 5.63. The number of fused-ring (bicyclic) bond motifs is 2. The number of methoxy groups -OCH3 is 1. The van der Waals surface area contributed by atoms with E-state index in [1.807, 2.05) is 18.2 Å². The lowest BCUT2D eigenvalue weighted by atomic mass is 9.91. The first kappa shape index (κ1) is 14.8. The van der Waals surface area contributed by atoms with Crippen LogP contribution >= 0.6 is 12.4 Å². The van der Waals surface area contributed by atoms with Crippen molar-refractivity contribution in [2.75, 3.05) is 25.6 Å². The molecule has 3 nitrogen and oxygen atoms in total. The van der Waals surface area contributed by atoms with Gasteiger partial charge < -0.3 is 14.7 Å². The third-order valence-corrected chi connectivity index (χ3v) is 4.45. The van der Waals surface area contributed by atoms with E-state index >= 15 is 0 Å². The Morgan fingerprint density at radius 2 is 1.91 bits per heavy atom. The molecule has 1 N–H and O–H groups in total. The molecule has 3 aromatic rings. The number of aromatic hydroxyl groups is 1. The number of hydrogen-bond acceptors (Lipinski definition) is 3. The third kappa shape index (κ3) is 1.89. The van der Waals surface area contributed by atoms with Crippen molar-refractivity contribution in [3.63, 3.8) is 0 Å². The van der Waals surface area contributed by atoms with Crippen LogP contribution < -0.4 is 9.64 Å². The van der Waals surface area contributed by atoms with Crippen molar-refractivity contribution in [2.24, 2.45) is 0 Å². The quantitative estimate of drug-likeness (QED) is 0.686. The minimum Gasteiger partial charge on any atom is -0.504 e. The van der Waals surface area contributed by atoms with Gasteiger partial charge in [-0.25, -0.2) is 0 Å². The fourth-order valence-electron chi connectivity index (χ4n) is 3.44. The molecule has 0 saturated heterocycles. The van der Waals surface area contributed by atoms with Crippen LogP contribution in [0.1, 0.15) is 5.56 Å². The topological polar surface area (TPSA) is 32.7 Å². The average Bonchev–Trinajstić information content (AvgIpc) is 2.50. The lowest BCUT2D eigenvalue weighted by molar-refractivity contribution is 0.378. The van der Waals surface area contributed by atoms with Gasteiger partial charge in [-0.2, -0.15) is 0 Å². The predicted molar refractivity (Wildman–Crippen MR) is 93.9 cm³/mol. The molecule has 0 saturated carbocycles. The van der Waals surface area contributed by atoms with Gasteiger partial charge in [0.05, 0.1) is 7.11 Å². The zero-order valence-electron chi connectivity index (χ0n) is 12.6. The van der Waals surface area contributed by atoms with Gasteiger partial charge in [-0.15, -0.1) is 12.4 Å². The molecular weight excluding hydrogens is 298 g/mol. The largest absolute Gasteiger partial charge is 0.504 e. The van der Waals surface area contributed by atoms with Crippen molar-refractivity contribution in [3.8, 4) is 11.5 Å². The van der Waals surface area contributed by atoms with Crippen LogP contribution in [-0.2, 0) is 6.42 Å². The van der Waals surface area contributed by atoms with E-state index in [2.05, 4.69) is 30.1 Å². The molecule has 3 aromatic carbocycles. The van der Waals surface area contributed by atoms with Gasteiger partial charge in [0.15, 0.2) is 11.5 Å². The lowest BCUT2D eigenvalue weighted by Gasteiger charge is -2.29. The minimum atomic E-state index is 0. The molecule has 22 heavy (non-hydrogen) atoms. The molecule has 4 heteroatoms. The molecule has 0 spiro atoms. The summed E-state index contributed by atoms with van der Waals surface area (Å²) in [4.78, 5) is 2.28. The number of benzene rings is 3. The normalized spacial score (nSPS) is 13.3. The smallest absolute Gasteiger partial charge is 0.169 e. The summed E-state index contributed by atoms with van der Waals surface area (Å²) in [5.74, 6) is 0.800. The molecule has 1 heterocycles. The van der Waals surface area contributed by atoms with Gasteiger partial charge >= 0.3 is 0 Å². The fourth-order valence-corrected chi connectivity index (χ4v) is 3.44. The van der Waals surface area contributed by atoms with Gasteiger partial charge in [-0.05, 0) is 34.9 Å². The van der Waals surface area contributed by atoms with Crippen LogP contribution in [0.2, 0.25) is 0 Å². The van der Waals surface area contributed by atoms with E-state index in [0.29, 0.717) is 5.75 Å². The molecule has 1 aliphatic rings. The molecule has 114 valence electrons. The van der Waals surface area contributed by atoms with E-state index in [1.165, 1.54) is 22.0 Å². The van der Waals surface area contributed by atoms with E-state index < -0.39 is 0 Å². The molecule has 4 rings (SSSR count). The zero-order chi connectivity index (χ0) is 14.6. The Bertz CT molecular complexity index is 876. The van der Waals surface area contributed by atoms with Crippen LogP contribution in [-0.4, -0.2) is 25.8 Å². The zero-order valence-corrected chi connectivity index (χ0v) is 13.4. The number of likely N-dealkylation sites (N-methyl/N-ethyl adjacent to an activating group) is 1. The predicted octanol–water partition coefficient (Wildman–Crippen LogP) is 4.12. The summed E-state index contributed by atoms with van der Waals surface area (Å²) in [6, 6.07) is 12.4. The number of ether oxygens (including phenoxy) is 1. The van der Waals surface area contributed by atoms with Gasteiger partial charge in [0.1, 0.15) is 0 Å². The minimum absolute atomic E-state index is 0. The standard InChI is InChI=1S/C18H17NO2.ClH/c1-19-8-7-12-10-15(20)18(21-2)17-13-6-4-3-5-11(13)9-14(19)16(12)17;/h3-6,9-10,20H,7-8H2,1-2H3;1H. The highest BCUT2D eigenvalue weighted by atomic mass is 35.5. The second kappa shape index (κ2) is 5.25. The Balaban J connectivity index is 0.00000144. The van der Waals surface area contributed by atoms with Crippen molar-refractivity contribution in [1.29, 1.82) is 0 Å². The molecule has 0 radical (unpaired) electrons. The highest BCUT2D eigenvalue weighted by molar-refractivity contribution is 6.18. The number of rotatable bonds is 1. The SMILES string of the molecule is COc1c(O)cc2c3c(cc4ccccc4c13)N(C)CC2.Cl. The maximum Gasteiger partial charge on any atom is 0.169 e. The first-order valence-corrected chi connectivity index (χ1v) is 7.16. The molecular formula is C18H18ClNO2. The number of phenols is 1. The summed E-state index contributed by atoms with van der Waals surface area (Å²) in [6.07, 6.45) is 0.940. The van der Waals surface area contributed by atoms with E-state index in [9.17, 15) is 5.11 Å². The van der Waals surface area contributed by atoms with E-state index in [4.69, 9.17) is 4.74 Å². The van der Waals surface area contributed by atoms with E-state index in [1.54, 1.807) is 7.11 Å². The van der Waals surface area contributed by atoms with Crippen LogP contribution in [0, 0.1) is 0 Å². The molecule has 0 aromatic heterocycles. The summed E-state index contributed by atoms with van der Waals surface area (Å²) in [5, 5.41) is 14.8. The van der Waals surface area contributed by atoms with Crippen molar-refractivity contribution >= 4 is 39.6 Å². The monoisotopic (exact) mass is 315 g/mol. The van der Waals surface area contributed by atoms with Crippen molar-refractivity contribution in [2.45, 2.75) is 6.42 Å². The molecule has 0 amide bonds. The van der Waals surface area contributed by atoms with Crippen LogP contribution in [0.3, 0.4) is 0 Å². The third-order valence-electron chi connectivity index (χ3n) is 4.45. The van der Waals surface area contributed by atoms with E-state index in [0.717, 1.165) is 23.7 Å². The van der Waals surface area contributed by atoms with Crippen molar-refractivity contribution in [1.82, 2.24) is 0 Å². The second-order valence-electron chi connectivity index (χ2n) is 5.63. The first-order chi connectivity index (χ1) is 10.2. The van der Waals surface area contributed by atoms with Gasteiger partial charge in [0.2, 0.25) is 0 Å². The number of phenolic OH excluding ortho intramolecular Hbond substituents is 1.